The summed E-state index contributed by atoms with van der Waals surface area (Å²) in [6.07, 6.45) is 1.84. The lowest BCUT2D eigenvalue weighted by Crippen LogP contribution is -2.39. The van der Waals surface area contributed by atoms with Crippen molar-refractivity contribution in [3.63, 3.8) is 0 Å². The second kappa shape index (κ2) is 11.4. The fourth-order valence-electron chi connectivity index (χ4n) is 5.19. The maximum Gasteiger partial charge on any atom is 0.338 e. The van der Waals surface area contributed by atoms with Gasteiger partial charge in [0.25, 0.3) is 5.56 Å². The minimum Gasteiger partial charge on any atom is -0.488 e. The Balaban J connectivity index is 1.41. The molecule has 1 aromatic heterocycles. The SMILES string of the molecule is CCOC(=O)C1=C(C)N=c2s/c(=C/c3ccccc3OCc3cccc4ccccc34)c(=O)n2[C@H]1c1ccccc1. The molecule has 1 aliphatic rings. The fourth-order valence-corrected chi connectivity index (χ4v) is 6.23. The number of aromatic nitrogens is 1. The summed E-state index contributed by atoms with van der Waals surface area (Å²) in [5.74, 6) is 0.207. The molecule has 6 rings (SSSR count). The molecule has 1 atom stereocenters. The van der Waals surface area contributed by atoms with Gasteiger partial charge in [0.2, 0.25) is 0 Å². The van der Waals surface area contributed by atoms with Crippen LogP contribution >= 0.6 is 11.3 Å². The van der Waals surface area contributed by atoms with Gasteiger partial charge in [-0.3, -0.25) is 9.36 Å². The molecule has 41 heavy (non-hydrogen) atoms. The molecule has 0 radical (unpaired) electrons. The Morgan fingerprint density at radius 1 is 0.951 bits per heavy atom. The third kappa shape index (κ3) is 5.12. The van der Waals surface area contributed by atoms with Crippen LogP contribution < -0.4 is 19.6 Å². The standard InChI is InChI=1S/C34H28N2O4S/c1-3-39-33(38)30-22(2)35-34-36(31(30)24-13-5-4-6-14-24)32(37)29(41-34)20-25-15-8-10-19-28(25)40-21-26-17-11-16-23-12-7-9-18-27(23)26/h4-20,31H,3,21H2,1-2H3/b29-20+/t31-/m0/s1. The Labute approximate surface area is 241 Å². The zero-order chi connectivity index (χ0) is 28.3. The molecule has 0 N–H and O–H groups in total. The van der Waals surface area contributed by atoms with Crippen LogP contribution in [0, 0.1) is 0 Å². The zero-order valence-corrected chi connectivity index (χ0v) is 23.6. The molecule has 5 aromatic rings. The highest BCUT2D eigenvalue weighted by Gasteiger charge is 2.33. The number of esters is 1. The van der Waals surface area contributed by atoms with E-state index in [0.717, 1.165) is 27.5 Å². The monoisotopic (exact) mass is 560 g/mol. The molecule has 0 saturated carbocycles. The topological polar surface area (TPSA) is 69.9 Å². The van der Waals surface area contributed by atoms with E-state index < -0.39 is 12.0 Å². The molecule has 4 aromatic carbocycles. The van der Waals surface area contributed by atoms with Crippen LogP contribution in [0.4, 0.5) is 0 Å². The van der Waals surface area contributed by atoms with Crippen molar-refractivity contribution < 1.29 is 14.3 Å². The van der Waals surface area contributed by atoms with Gasteiger partial charge in [-0.1, -0.05) is 102 Å². The summed E-state index contributed by atoms with van der Waals surface area (Å²) >= 11 is 1.30. The number of nitrogens with zero attached hydrogens (tertiary/aromatic N) is 2. The number of allylic oxidation sites excluding steroid dienone is 1. The number of carbonyl (C=O) groups is 1. The second-order valence-electron chi connectivity index (χ2n) is 9.68. The average molecular weight is 561 g/mol. The Morgan fingerprint density at radius 2 is 1.68 bits per heavy atom. The minimum atomic E-state index is -0.633. The van der Waals surface area contributed by atoms with Crippen molar-refractivity contribution in [3.8, 4) is 5.75 Å². The quantitative estimate of drug-likeness (QED) is 0.246. The summed E-state index contributed by atoms with van der Waals surface area (Å²) in [5, 5.41) is 2.31. The molecular weight excluding hydrogens is 532 g/mol. The molecule has 7 heteroatoms. The van der Waals surface area contributed by atoms with E-state index in [1.165, 1.54) is 11.3 Å². The highest BCUT2D eigenvalue weighted by molar-refractivity contribution is 7.07. The van der Waals surface area contributed by atoms with E-state index in [-0.39, 0.29) is 12.2 Å². The van der Waals surface area contributed by atoms with Crippen LogP contribution in [-0.2, 0) is 16.1 Å². The molecule has 204 valence electrons. The van der Waals surface area contributed by atoms with E-state index in [4.69, 9.17) is 9.47 Å². The summed E-state index contributed by atoms with van der Waals surface area (Å²) in [6, 6.07) is 31.0. The molecule has 0 fully saturated rings. The smallest absolute Gasteiger partial charge is 0.338 e. The van der Waals surface area contributed by atoms with Crippen molar-refractivity contribution in [1.29, 1.82) is 0 Å². The molecule has 0 saturated heterocycles. The first-order chi connectivity index (χ1) is 20.0. The molecule has 0 spiro atoms. The Bertz CT molecular complexity index is 1970. The number of thiazole rings is 1. The lowest BCUT2D eigenvalue weighted by molar-refractivity contribution is -0.139. The number of carbonyl (C=O) groups excluding carboxylic acids is 1. The third-order valence-electron chi connectivity index (χ3n) is 7.10. The van der Waals surface area contributed by atoms with Crippen molar-refractivity contribution >= 4 is 34.2 Å². The van der Waals surface area contributed by atoms with Crippen LogP contribution in [0.15, 0.2) is 118 Å². The number of ether oxygens (including phenoxy) is 2. The summed E-state index contributed by atoms with van der Waals surface area (Å²) in [7, 11) is 0. The van der Waals surface area contributed by atoms with Crippen LogP contribution in [0.2, 0.25) is 0 Å². The predicted octanol–water partition coefficient (Wildman–Crippen LogP) is 5.53. The normalized spacial score (nSPS) is 15.0. The molecule has 0 bridgehead atoms. The average Bonchev–Trinajstić information content (AvgIpc) is 3.30. The van der Waals surface area contributed by atoms with Gasteiger partial charge in [0.15, 0.2) is 4.80 Å². The number of para-hydroxylation sites is 1. The maximum absolute atomic E-state index is 13.9. The highest BCUT2D eigenvalue weighted by atomic mass is 32.1. The van der Waals surface area contributed by atoms with Gasteiger partial charge in [-0.2, -0.15) is 0 Å². The first-order valence-electron chi connectivity index (χ1n) is 13.5. The number of hydrogen-bond acceptors (Lipinski definition) is 6. The van der Waals surface area contributed by atoms with Gasteiger partial charge in [-0.25, -0.2) is 9.79 Å². The minimum absolute atomic E-state index is 0.222. The van der Waals surface area contributed by atoms with Crippen LogP contribution in [0.1, 0.15) is 36.6 Å². The molecule has 0 amide bonds. The summed E-state index contributed by atoms with van der Waals surface area (Å²) < 4.78 is 13.8. The highest BCUT2D eigenvalue weighted by Crippen LogP contribution is 2.30. The van der Waals surface area contributed by atoms with Crippen molar-refractivity contribution in [1.82, 2.24) is 4.57 Å². The Morgan fingerprint density at radius 3 is 2.51 bits per heavy atom. The van der Waals surface area contributed by atoms with Gasteiger partial charge in [-0.15, -0.1) is 0 Å². The number of hydrogen-bond donors (Lipinski definition) is 0. The first-order valence-corrected chi connectivity index (χ1v) is 14.3. The van der Waals surface area contributed by atoms with Gasteiger partial charge in [-0.05, 0) is 47.9 Å². The number of benzene rings is 4. The van der Waals surface area contributed by atoms with Gasteiger partial charge >= 0.3 is 5.97 Å². The third-order valence-corrected chi connectivity index (χ3v) is 8.08. The largest absolute Gasteiger partial charge is 0.488 e. The van der Waals surface area contributed by atoms with Crippen molar-refractivity contribution in [3.05, 3.63) is 145 Å². The van der Waals surface area contributed by atoms with Gasteiger partial charge in [0, 0.05) is 5.56 Å². The summed E-state index contributed by atoms with van der Waals surface area (Å²) in [6.45, 7) is 4.18. The lowest BCUT2D eigenvalue weighted by Gasteiger charge is -2.24. The first kappa shape index (κ1) is 26.5. The maximum atomic E-state index is 13.9. The van der Waals surface area contributed by atoms with Crippen molar-refractivity contribution in [2.75, 3.05) is 6.61 Å². The zero-order valence-electron chi connectivity index (χ0n) is 22.7. The molecule has 0 aliphatic carbocycles. The molecule has 6 nitrogen and oxygen atoms in total. The van der Waals surface area contributed by atoms with E-state index in [9.17, 15) is 9.59 Å². The Hall–Kier alpha value is -4.75. The van der Waals surface area contributed by atoms with Crippen LogP contribution in [0.5, 0.6) is 5.75 Å². The molecule has 2 heterocycles. The van der Waals surface area contributed by atoms with Gasteiger partial charge in [0.1, 0.15) is 12.4 Å². The fraction of sp³-hybridized carbons (Fsp3) is 0.147. The molecule has 0 unspecified atom stereocenters. The van der Waals surface area contributed by atoms with E-state index >= 15 is 0 Å². The number of rotatable bonds is 7. The predicted molar refractivity (Wildman–Crippen MR) is 162 cm³/mol. The van der Waals surface area contributed by atoms with E-state index in [1.54, 1.807) is 18.4 Å². The van der Waals surface area contributed by atoms with Gasteiger partial charge < -0.3 is 9.47 Å². The molecule has 1 aliphatic heterocycles. The van der Waals surface area contributed by atoms with E-state index in [0.29, 0.717) is 33.0 Å². The van der Waals surface area contributed by atoms with Crippen molar-refractivity contribution in [2.24, 2.45) is 4.99 Å². The van der Waals surface area contributed by atoms with Crippen molar-refractivity contribution in [2.45, 2.75) is 26.5 Å². The van der Waals surface area contributed by atoms with E-state index in [1.807, 2.05) is 78.9 Å². The molecular formula is C34H28N2O4S. The number of fused-ring (bicyclic) bond motifs is 2. The van der Waals surface area contributed by atoms with Crippen LogP contribution in [0.25, 0.3) is 16.8 Å². The summed E-state index contributed by atoms with van der Waals surface area (Å²) in [4.78, 5) is 32.2. The van der Waals surface area contributed by atoms with E-state index in [2.05, 4.69) is 29.3 Å². The van der Waals surface area contributed by atoms with Crippen LogP contribution in [0.3, 0.4) is 0 Å². The van der Waals surface area contributed by atoms with Crippen LogP contribution in [-0.4, -0.2) is 17.1 Å². The second-order valence-corrected chi connectivity index (χ2v) is 10.7. The summed E-state index contributed by atoms with van der Waals surface area (Å²) in [5.41, 5.74) is 3.38. The Kier molecular flexibility index (Phi) is 7.35. The lowest BCUT2D eigenvalue weighted by atomic mass is 9.96. The van der Waals surface area contributed by atoms with Gasteiger partial charge in [0.05, 0.1) is 28.5 Å².